The molecule has 0 N–H and O–H groups in total. The summed E-state index contributed by atoms with van der Waals surface area (Å²) in [4.78, 5) is 0. The highest BCUT2D eigenvalue weighted by Crippen LogP contribution is 2.41. The predicted molar refractivity (Wildman–Crippen MR) is 108 cm³/mol. The molecule has 0 spiro atoms. The van der Waals surface area contributed by atoms with Crippen LogP contribution in [0.2, 0.25) is 0 Å². The highest BCUT2D eigenvalue weighted by atomic mass is 16.5. The van der Waals surface area contributed by atoms with Crippen molar-refractivity contribution in [3.63, 3.8) is 0 Å². The summed E-state index contributed by atoms with van der Waals surface area (Å²) in [5.74, 6) is 0.492. The van der Waals surface area contributed by atoms with Crippen molar-refractivity contribution in [2.75, 3.05) is 0 Å². The monoisotopic (exact) mass is 361 g/mol. The molecule has 0 amide bonds. The van der Waals surface area contributed by atoms with E-state index in [0.29, 0.717) is 5.92 Å². The first kappa shape index (κ1) is 17.9. The Morgan fingerprint density at radius 3 is 2.44 bits per heavy atom. The van der Waals surface area contributed by atoms with Crippen molar-refractivity contribution in [3.8, 4) is 22.5 Å². The number of fused-ring (bicyclic) bond motifs is 5. The topological polar surface area (TPSA) is 39.9 Å². The van der Waals surface area contributed by atoms with Crippen LogP contribution in [0.15, 0.2) is 48.5 Å². The lowest BCUT2D eigenvalue weighted by Gasteiger charge is -2.27. The lowest BCUT2D eigenvalue weighted by molar-refractivity contribution is 0.00715. The number of aromatic nitrogens is 3. The van der Waals surface area contributed by atoms with Gasteiger partial charge in [-0.1, -0.05) is 67.6 Å². The first-order valence-electron chi connectivity index (χ1n) is 9.81. The summed E-state index contributed by atoms with van der Waals surface area (Å²) in [5, 5.41) is 9.14. The second kappa shape index (κ2) is 7.28. The molecule has 1 unspecified atom stereocenters. The van der Waals surface area contributed by atoms with Crippen molar-refractivity contribution in [1.82, 2.24) is 15.0 Å². The molecule has 1 heterocycles. The molecule has 0 radical (unpaired) electrons. The first-order chi connectivity index (χ1) is 13.0. The molecule has 1 aliphatic carbocycles. The average Bonchev–Trinajstić information content (AvgIpc) is 3.02. The van der Waals surface area contributed by atoms with Crippen molar-refractivity contribution >= 4 is 0 Å². The molecule has 2 aromatic carbocycles. The number of hydrogen-bond acceptors (Lipinski definition) is 3. The summed E-state index contributed by atoms with van der Waals surface area (Å²) in [6, 6.07) is 17.1. The number of nitrogens with zero attached hydrogens (tertiary/aromatic N) is 3. The molecule has 0 saturated carbocycles. The van der Waals surface area contributed by atoms with Crippen LogP contribution in [0.1, 0.15) is 44.9 Å². The van der Waals surface area contributed by atoms with Crippen molar-refractivity contribution < 1.29 is 4.74 Å². The van der Waals surface area contributed by atoms with Gasteiger partial charge in [-0.3, -0.25) is 0 Å². The Morgan fingerprint density at radius 1 is 1.00 bits per heavy atom. The Kier molecular flexibility index (Phi) is 4.83. The Labute approximate surface area is 161 Å². The second-order valence-electron chi connectivity index (χ2n) is 7.98. The summed E-state index contributed by atoms with van der Waals surface area (Å²) >= 11 is 0. The average molecular weight is 361 g/mol. The highest BCUT2D eigenvalue weighted by molar-refractivity contribution is 5.82. The third-order valence-electron chi connectivity index (χ3n) is 4.95. The number of hydrogen-bond donors (Lipinski definition) is 0. The van der Waals surface area contributed by atoms with Crippen molar-refractivity contribution in [2.24, 2.45) is 5.92 Å². The van der Waals surface area contributed by atoms with Crippen LogP contribution in [0.3, 0.4) is 0 Å². The van der Waals surface area contributed by atoms with Gasteiger partial charge in [0.25, 0.3) is 0 Å². The minimum Gasteiger partial charge on any atom is -0.371 e. The van der Waals surface area contributed by atoms with E-state index in [1.807, 2.05) is 0 Å². The molecule has 1 aliphatic rings. The zero-order valence-electron chi connectivity index (χ0n) is 16.5. The molecule has 1 atom stereocenters. The van der Waals surface area contributed by atoms with Crippen LogP contribution in [0.5, 0.6) is 0 Å². The van der Waals surface area contributed by atoms with Crippen molar-refractivity contribution in [3.05, 3.63) is 59.7 Å². The van der Waals surface area contributed by atoms with E-state index in [4.69, 9.17) is 4.74 Å². The summed E-state index contributed by atoms with van der Waals surface area (Å²) < 4.78 is 8.44. The Bertz CT molecular complexity index is 942. The first-order valence-corrected chi connectivity index (χ1v) is 9.81. The molecule has 140 valence electrons. The van der Waals surface area contributed by atoms with Gasteiger partial charge in [0.15, 0.2) is 0 Å². The minimum atomic E-state index is 0.0119. The van der Waals surface area contributed by atoms with E-state index in [1.54, 1.807) is 0 Å². The zero-order valence-corrected chi connectivity index (χ0v) is 16.5. The molecular formula is C23H27N3O. The third-order valence-corrected chi connectivity index (χ3v) is 4.95. The zero-order chi connectivity index (χ0) is 19.0. The fourth-order valence-corrected chi connectivity index (χ4v) is 3.92. The fourth-order valence-electron chi connectivity index (χ4n) is 3.92. The molecule has 3 aromatic rings. The van der Waals surface area contributed by atoms with Crippen LogP contribution in [0, 0.1) is 5.92 Å². The van der Waals surface area contributed by atoms with Crippen LogP contribution in [0.25, 0.3) is 22.5 Å². The molecule has 4 rings (SSSR count). The molecule has 4 nitrogen and oxygen atoms in total. The summed E-state index contributed by atoms with van der Waals surface area (Å²) in [5.41, 5.74) is 6.89. The van der Waals surface area contributed by atoms with Crippen LogP contribution < -0.4 is 0 Å². The van der Waals surface area contributed by atoms with Crippen molar-refractivity contribution in [1.29, 1.82) is 0 Å². The Balaban J connectivity index is 1.99. The summed E-state index contributed by atoms with van der Waals surface area (Å²) in [6.07, 6.45) is 1.01. The maximum atomic E-state index is 6.37. The molecule has 1 aromatic heterocycles. The molecule has 0 aliphatic heterocycles. The molecule has 0 fully saturated rings. The standard InChI is InChI=1S/C23H27N3O/c1-15(2)14-26-23-20-12-8-7-11-19(20)21(27-16(3)4)13-17-9-5-6-10-18(17)22(23)24-25-26/h5-12,15-16,21H,13-14H2,1-4H3. The molecule has 27 heavy (non-hydrogen) atoms. The van der Waals surface area contributed by atoms with Crippen LogP contribution in [-0.4, -0.2) is 21.1 Å². The molecular weight excluding hydrogens is 334 g/mol. The SMILES string of the molecule is CC(C)Cn1nnc2c1-c1ccccc1C(OC(C)C)Cc1ccccc1-2. The van der Waals surface area contributed by atoms with Gasteiger partial charge in [-0.2, -0.15) is 0 Å². The summed E-state index contributed by atoms with van der Waals surface area (Å²) in [7, 11) is 0. The third kappa shape index (κ3) is 3.42. The number of benzene rings is 2. The van der Waals surface area contributed by atoms with Crippen LogP contribution in [-0.2, 0) is 17.7 Å². The van der Waals surface area contributed by atoms with Gasteiger partial charge < -0.3 is 4.74 Å². The summed E-state index contributed by atoms with van der Waals surface area (Å²) in [6.45, 7) is 9.46. The fraction of sp³-hybridized carbons (Fsp3) is 0.391. The van der Waals surface area contributed by atoms with Gasteiger partial charge in [-0.25, -0.2) is 4.68 Å². The normalized spacial score (nSPS) is 15.9. The van der Waals surface area contributed by atoms with Gasteiger partial charge in [0.1, 0.15) is 5.69 Å². The number of rotatable bonds is 4. The van der Waals surface area contributed by atoms with E-state index in [0.717, 1.165) is 29.9 Å². The van der Waals surface area contributed by atoms with Gasteiger partial charge >= 0.3 is 0 Å². The maximum Gasteiger partial charge on any atom is 0.121 e. The van der Waals surface area contributed by atoms with E-state index >= 15 is 0 Å². The van der Waals surface area contributed by atoms with Gasteiger partial charge in [-0.15, -0.1) is 5.10 Å². The number of ether oxygens (including phenoxy) is 1. The van der Waals surface area contributed by atoms with Crippen LogP contribution >= 0.6 is 0 Å². The minimum absolute atomic E-state index is 0.0119. The second-order valence-corrected chi connectivity index (χ2v) is 7.98. The van der Waals surface area contributed by atoms with Gasteiger partial charge in [0.05, 0.1) is 17.9 Å². The lowest BCUT2D eigenvalue weighted by Crippen LogP contribution is -2.17. The quantitative estimate of drug-likeness (QED) is 0.634. The van der Waals surface area contributed by atoms with Gasteiger partial charge in [0, 0.05) is 24.1 Å². The highest BCUT2D eigenvalue weighted by Gasteiger charge is 2.28. The van der Waals surface area contributed by atoms with Crippen molar-refractivity contribution in [2.45, 2.75) is 52.9 Å². The largest absolute Gasteiger partial charge is 0.371 e. The van der Waals surface area contributed by atoms with E-state index in [2.05, 4.69) is 91.2 Å². The Morgan fingerprint density at radius 2 is 1.70 bits per heavy atom. The van der Waals surface area contributed by atoms with Gasteiger partial charge in [0.2, 0.25) is 0 Å². The lowest BCUT2D eigenvalue weighted by atomic mass is 9.87. The molecule has 0 saturated heterocycles. The van der Waals surface area contributed by atoms with E-state index < -0.39 is 0 Å². The maximum absolute atomic E-state index is 6.37. The smallest absolute Gasteiger partial charge is 0.121 e. The molecule has 4 heteroatoms. The Hall–Kier alpha value is -2.46. The van der Waals surface area contributed by atoms with E-state index in [-0.39, 0.29) is 12.2 Å². The van der Waals surface area contributed by atoms with Gasteiger partial charge in [-0.05, 0) is 30.9 Å². The van der Waals surface area contributed by atoms with E-state index in [1.165, 1.54) is 16.7 Å². The van der Waals surface area contributed by atoms with Crippen LogP contribution in [0.4, 0.5) is 0 Å². The molecule has 0 bridgehead atoms. The van der Waals surface area contributed by atoms with E-state index in [9.17, 15) is 0 Å². The predicted octanol–water partition coefficient (Wildman–Crippen LogP) is 5.29.